The molecule has 0 bridgehead atoms. The van der Waals surface area contributed by atoms with Crippen LogP contribution in [0.5, 0.6) is 5.75 Å². The third-order valence-electron chi connectivity index (χ3n) is 2.69. The van der Waals surface area contributed by atoms with Gasteiger partial charge in [0.05, 0.1) is 13.2 Å². The average molecular weight is 387 g/mol. The molecule has 0 saturated carbocycles. The van der Waals surface area contributed by atoms with Gasteiger partial charge in [0.2, 0.25) is 5.91 Å². The van der Waals surface area contributed by atoms with E-state index < -0.39 is 14.0 Å². The first-order valence-electron chi connectivity index (χ1n) is 8.28. The lowest BCUT2D eigenvalue weighted by Crippen LogP contribution is -2.14. The molecule has 0 unspecified atom stereocenters. The van der Waals surface area contributed by atoms with Crippen LogP contribution < -0.4 is 10.1 Å². The van der Waals surface area contributed by atoms with E-state index in [1.807, 2.05) is 27.7 Å². The minimum atomic E-state index is -4.08. The molecule has 1 amide bonds. The Morgan fingerprint density at radius 1 is 1.00 bits per heavy atom. The van der Waals surface area contributed by atoms with E-state index in [2.05, 4.69) is 5.32 Å². The van der Waals surface area contributed by atoms with Gasteiger partial charge in [-0.05, 0) is 36.1 Å². The van der Waals surface area contributed by atoms with E-state index >= 15 is 0 Å². The number of phosphoric ester groups is 1. The highest BCUT2D eigenvalue weighted by Gasteiger charge is 2.33. The van der Waals surface area contributed by atoms with Gasteiger partial charge < -0.3 is 14.6 Å². The SMILES string of the molecule is CC(=O)Nc1ccc(OC(=O)OP(=O)(OCC(C)C)OCC(C)C)cc1. The summed E-state index contributed by atoms with van der Waals surface area (Å²) in [6.07, 6.45) is -1.20. The van der Waals surface area contributed by atoms with Crippen molar-refractivity contribution in [1.29, 1.82) is 0 Å². The Bertz CT molecular complexity index is 627. The zero-order valence-corrected chi connectivity index (χ0v) is 16.6. The predicted octanol–water partition coefficient (Wildman–Crippen LogP) is 4.61. The van der Waals surface area contributed by atoms with Crippen LogP contribution in [0.2, 0.25) is 0 Å². The summed E-state index contributed by atoms with van der Waals surface area (Å²) in [4.78, 5) is 22.9. The number of phosphoric acid groups is 1. The van der Waals surface area contributed by atoms with E-state index in [0.717, 1.165) is 0 Å². The highest BCUT2D eigenvalue weighted by atomic mass is 31.2. The Kier molecular flexibility index (Phi) is 8.78. The lowest BCUT2D eigenvalue weighted by molar-refractivity contribution is -0.114. The van der Waals surface area contributed by atoms with Crippen LogP contribution in [0.4, 0.5) is 10.5 Å². The molecule has 0 spiro atoms. The summed E-state index contributed by atoms with van der Waals surface area (Å²) in [5, 5.41) is 2.58. The van der Waals surface area contributed by atoms with Gasteiger partial charge >= 0.3 is 14.0 Å². The van der Waals surface area contributed by atoms with Crippen LogP contribution in [0.3, 0.4) is 0 Å². The molecule has 0 atom stereocenters. The lowest BCUT2D eigenvalue weighted by Gasteiger charge is -2.19. The minimum absolute atomic E-state index is 0.0758. The molecule has 0 fully saturated rings. The monoisotopic (exact) mass is 387 g/mol. The van der Waals surface area contributed by atoms with Crippen LogP contribution in [0.15, 0.2) is 24.3 Å². The largest absolute Gasteiger partial charge is 0.534 e. The molecule has 0 aromatic heterocycles. The van der Waals surface area contributed by atoms with Crippen molar-refractivity contribution in [2.75, 3.05) is 18.5 Å². The van der Waals surface area contributed by atoms with E-state index in [0.29, 0.717) is 5.69 Å². The second-order valence-electron chi connectivity index (χ2n) is 6.48. The maximum absolute atomic E-state index is 12.6. The van der Waals surface area contributed by atoms with E-state index in [-0.39, 0.29) is 36.7 Å². The molecular formula is C17H26NO7P. The molecule has 1 N–H and O–H groups in total. The van der Waals surface area contributed by atoms with Crippen molar-refractivity contribution in [1.82, 2.24) is 0 Å². The summed E-state index contributed by atoms with van der Waals surface area (Å²) in [6.45, 7) is 9.04. The van der Waals surface area contributed by atoms with Crippen LogP contribution in [-0.4, -0.2) is 25.3 Å². The minimum Gasteiger partial charge on any atom is -0.395 e. The summed E-state index contributed by atoms with van der Waals surface area (Å²) >= 11 is 0. The maximum Gasteiger partial charge on any atom is 0.534 e. The van der Waals surface area contributed by atoms with Crippen molar-refractivity contribution < 1.29 is 32.5 Å². The molecule has 0 heterocycles. The van der Waals surface area contributed by atoms with Crippen molar-refractivity contribution in [3.8, 4) is 5.75 Å². The molecule has 1 rings (SSSR count). The maximum atomic E-state index is 12.6. The quantitative estimate of drug-likeness (QED) is 0.375. The Morgan fingerprint density at radius 3 is 1.92 bits per heavy atom. The molecule has 0 aliphatic heterocycles. The van der Waals surface area contributed by atoms with Gasteiger partial charge in [-0.1, -0.05) is 27.7 Å². The zero-order chi connectivity index (χ0) is 19.7. The number of hydrogen-bond acceptors (Lipinski definition) is 7. The fourth-order valence-corrected chi connectivity index (χ4v) is 2.95. The molecule has 1 aromatic rings. The van der Waals surface area contributed by atoms with Gasteiger partial charge in [0.15, 0.2) is 0 Å². The normalized spacial score (nSPS) is 11.5. The third kappa shape index (κ3) is 8.99. The number of ether oxygens (including phenoxy) is 1. The Hall–Kier alpha value is -1.89. The van der Waals surface area contributed by atoms with Crippen LogP contribution in [0.1, 0.15) is 34.6 Å². The number of rotatable bonds is 9. The summed E-state index contributed by atoms with van der Waals surface area (Å²) in [5.41, 5.74) is 0.546. The second-order valence-corrected chi connectivity index (χ2v) is 8.07. The second kappa shape index (κ2) is 10.3. The predicted molar refractivity (Wildman–Crippen MR) is 97.0 cm³/mol. The number of carbonyl (C=O) groups excluding carboxylic acids is 2. The number of amides is 1. The number of nitrogens with one attached hydrogen (secondary N) is 1. The standard InChI is InChI=1S/C17H26NO7P/c1-12(2)10-22-26(21,23-11-13(3)4)25-17(20)24-16-8-6-15(7-9-16)18-14(5)19/h6-9,12-13H,10-11H2,1-5H3,(H,18,19). The van der Waals surface area contributed by atoms with Gasteiger partial charge in [0.25, 0.3) is 0 Å². The smallest absolute Gasteiger partial charge is 0.395 e. The van der Waals surface area contributed by atoms with E-state index in [1.54, 1.807) is 12.1 Å². The molecule has 0 aliphatic carbocycles. The molecule has 0 saturated heterocycles. The summed E-state index contributed by atoms with van der Waals surface area (Å²) < 4.78 is 32.7. The lowest BCUT2D eigenvalue weighted by atomic mass is 10.2. The molecule has 26 heavy (non-hydrogen) atoms. The molecule has 0 aliphatic rings. The van der Waals surface area contributed by atoms with Crippen LogP contribution >= 0.6 is 7.82 Å². The van der Waals surface area contributed by atoms with Gasteiger partial charge in [-0.25, -0.2) is 9.36 Å². The summed E-state index contributed by atoms with van der Waals surface area (Å²) in [7, 11) is -4.08. The number of hydrogen-bond donors (Lipinski definition) is 1. The van der Waals surface area contributed by atoms with Crippen molar-refractivity contribution in [2.45, 2.75) is 34.6 Å². The first-order valence-corrected chi connectivity index (χ1v) is 9.74. The van der Waals surface area contributed by atoms with Crippen molar-refractivity contribution in [2.24, 2.45) is 11.8 Å². The molecule has 0 radical (unpaired) electrons. The first-order chi connectivity index (χ1) is 12.1. The molecule has 1 aromatic carbocycles. The van der Waals surface area contributed by atoms with Gasteiger partial charge in [0, 0.05) is 12.6 Å². The third-order valence-corrected chi connectivity index (χ3v) is 4.00. The van der Waals surface area contributed by atoms with E-state index in [9.17, 15) is 14.2 Å². The van der Waals surface area contributed by atoms with Gasteiger partial charge in [-0.2, -0.15) is 0 Å². The Labute approximate surface area is 153 Å². The fraction of sp³-hybridized carbons (Fsp3) is 0.529. The van der Waals surface area contributed by atoms with Crippen LogP contribution in [-0.2, 0) is 22.9 Å². The van der Waals surface area contributed by atoms with Gasteiger partial charge in [-0.15, -0.1) is 0 Å². The molecule has 146 valence electrons. The zero-order valence-electron chi connectivity index (χ0n) is 15.7. The number of anilines is 1. The van der Waals surface area contributed by atoms with Crippen molar-refractivity contribution in [3.05, 3.63) is 24.3 Å². The highest BCUT2D eigenvalue weighted by Crippen LogP contribution is 2.50. The van der Waals surface area contributed by atoms with Gasteiger partial charge in [-0.3, -0.25) is 13.8 Å². The molecule has 8 nitrogen and oxygen atoms in total. The van der Waals surface area contributed by atoms with E-state index in [1.165, 1.54) is 19.1 Å². The number of benzene rings is 1. The summed E-state index contributed by atoms with van der Waals surface area (Å²) in [6, 6.07) is 6.02. The van der Waals surface area contributed by atoms with Gasteiger partial charge in [0.1, 0.15) is 5.75 Å². The Balaban J connectivity index is 2.69. The van der Waals surface area contributed by atoms with Crippen LogP contribution in [0.25, 0.3) is 0 Å². The van der Waals surface area contributed by atoms with Crippen molar-refractivity contribution in [3.63, 3.8) is 0 Å². The fourth-order valence-electron chi connectivity index (χ4n) is 1.59. The van der Waals surface area contributed by atoms with Crippen LogP contribution in [0, 0.1) is 11.8 Å². The molecule has 9 heteroatoms. The van der Waals surface area contributed by atoms with Crippen molar-refractivity contribution >= 4 is 25.6 Å². The highest BCUT2D eigenvalue weighted by molar-refractivity contribution is 7.49. The average Bonchev–Trinajstić information content (AvgIpc) is 2.52. The summed E-state index contributed by atoms with van der Waals surface area (Å²) in [5.74, 6) is 0.0887. The topological polar surface area (TPSA) is 100 Å². The molecular weight excluding hydrogens is 361 g/mol. The Morgan fingerprint density at radius 2 is 1.50 bits per heavy atom. The first kappa shape index (κ1) is 22.2. The number of carbonyl (C=O) groups is 2. The van der Waals surface area contributed by atoms with E-state index in [4.69, 9.17) is 18.3 Å².